The van der Waals surface area contributed by atoms with E-state index in [4.69, 9.17) is 10.00 Å². The number of carbonyl (C=O) groups excluding carboxylic acids is 1. The Kier molecular flexibility index (Phi) is 2.22. The highest BCUT2D eigenvalue weighted by Crippen LogP contribution is 2.13. The minimum atomic E-state index is -0.435. The van der Waals surface area contributed by atoms with Gasteiger partial charge in [0.25, 0.3) is 0 Å². The van der Waals surface area contributed by atoms with Crippen molar-refractivity contribution in [2.45, 2.75) is 13.0 Å². The number of benzene rings is 1. The second-order valence-electron chi connectivity index (χ2n) is 3.22. The van der Waals surface area contributed by atoms with Gasteiger partial charge in [-0.05, 0) is 31.2 Å². The van der Waals surface area contributed by atoms with E-state index in [1.54, 1.807) is 31.2 Å². The van der Waals surface area contributed by atoms with E-state index in [0.717, 1.165) is 0 Å². The van der Waals surface area contributed by atoms with Gasteiger partial charge in [-0.15, -0.1) is 0 Å². The van der Waals surface area contributed by atoms with E-state index in [1.165, 1.54) is 0 Å². The number of ether oxygens (including phenoxy) is 1. The molecule has 0 aromatic heterocycles. The van der Waals surface area contributed by atoms with Gasteiger partial charge in [0.15, 0.2) is 0 Å². The average Bonchev–Trinajstić information content (AvgIpc) is 2.59. The fraction of sp³-hybridized carbons (Fsp3) is 0.182. The number of hydrogen-bond donors (Lipinski definition) is 0. The maximum Gasteiger partial charge on any atom is 0.337 e. The van der Waals surface area contributed by atoms with Crippen LogP contribution in [0, 0.1) is 11.3 Å². The zero-order valence-electron chi connectivity index (χ0n) is 8.10. The molecule has 1 aromatic rings. The van der Waals surface area contributed by atoms with Crippen LogP contribution in [0.3, 0.4) is 0 Å². The molecule has 4 heteroatoms. The lowest BCUT2D eigenvalue weighted by Crippen LogP contribution is -2.10. The van der Waals surface area contributed by atoms with Crippen molar-refractivity contribution in [3.8, 4) is 6.07 Å². The Labute approximate surface area is 86.8 Å². The number of carbonyl (C=O) groups is 1. The third-order valence-electron chi connectivity index (χ3n) is 2.11. The lowest BCUT2D eigenvalue weighted by Gasteiger charge is -1.98. The van der Waals surface area contributed by atoms with Gasteiger partial charge < -0.3 is 4.74 Å². The molecular weight excluding hydrogens is 192 g/mol. The molecule has 15 heavy (non-hydrogen) atoms. The molecule has 1 aliphatic heterocycles. The highest BCUT2D eigenvalue weighted by molar-refractivity contribution is 6.06. The van der Waals surface area contributed by atoms with Crippen molar-refractivity contribution in [3.63, 3.8) is 0 Å². The van der Waals surface area contributed by atoms with Crippen molar-refractivity contribution in [1.29, 1.82) is 5.26 Å². The maximum absolute atomic E-state index is 11.1. The Morgan fingerprint density at radius 1 is 1.40 bits per heavy atom. The van der Waals surface area contributed by atoms with Crippen molar-refractivity contribution in [3.05, 3.63) is 35.4 Å². The number of aliphatic imine (C=N–C) groups is 1. The fourth-order valence-corrected chi connectivity index (χ4v) is 1.26. The summed E-state index contributed by atoms with van der Waals surface area (Å²) >= 11 is 0. The van der Waals surface area contributed by atoms with E-state index >= 15 is 0 Å². The summed E-state index contributed by atoms with van der Waals surface area (Å²) in [6, 6.07) is 8.32. The van der Waals surface area contributed by atoms with Crippen LogP contribution in [-0.4, -0.2) is 17.9 Å². The van der Waals surface area contributed by atoms with E-state index in [-0.39, 0.29) is 5.97 Å². The normalized spacial score (nSPS) is 19.3. The summed E-state index contributed by atoms with van der Waals surface area (Å²) in [6.07, 6.45) is 0. The highest BCUT2D eigenvalue weighted by atomic mass is 16.6. The van der Waals surface area contributed by atoms with Gasteiger partial charge in [0.1, 0.15) is 6.04 Å². The van der Waals surface area contributed by atoms with Gasteiger partial charge in [0, 0.05) is 5.56 Å². The van der Waals surface area contributed by atoms with Crippen molar-refractivity contribution < 1.29 is 9.53 Å². The van der Waals surface area contributed by atoms with Crippen LogP contribution >= 0.6 is 0 Å². The summed E-state index contributed by atoms with van der Waals surface area (Å²) in [7, 11) is 0. The number of hydrogen-bond acceptors (Lipinski definition) is 4. The topological polar surface area (TPSA) is 62.4 Å². The first-order valence-corrected chi connectivity index (χ1v) is 4.51. The number of nitrogens with zero attached hydrogens (tertiary/aromatic N) is 2. The van der Waals surface area contributed by atoms with Crippen LogP contribution in [0.15, 0.2) is 29.3 Å². The summed E-state index contributed by atoms with van der Waals surface area (Å²) in [5.74, 6) is -0.00801. The Bertz CT molecular complexity index is 468. The first-order chi connectivity index (χ1) is 7.20. The molecule has 1 aromatic carbocycles. The van der Waals surface area contributed by atoms with Gasteiger partial charge in [-0.2, -0.15) is 5.26 Å². The van der Waals surface area contributed by atoms with Crippen molar-refractivity contribution in [2.75, 3.05) is 0 Å². The Hall–Kier alpha value is -2.15. The largest absolute Gasteiger partial charge is 0.406 e. The summed E-state index contributed by atoms with van der Waals surface area (Å²) in [4.78, 5) is 15.1. The molecule has 0 unspecified atom stereocenters. The average molecular weight is 200 g/mol. The molecular formula is C11H8N2O2. The van der Waals surface area contributed by atoms with E-state index in [1.807, 2.05) is 6.07 Å². The molecule has 0 saturated carbocycles. The number of rotatable bonds is 1. The molecule has 0 amide bonds. The molecule has 0 N–H and O–H groups in total. The molecule has 74 valence electrons. The van der Waals surface area contributed by atoms with Crippen molar-refractivity contribution >= 4 is 11.9 Å². The highest BCUT2D eigenvalue weighted by Gasteiger charge is 2.25. The number of nitriles is 1. The predicted molar refractivity (Wildman–Crippen MR) is 53.2 cm³/mol. The third-order valence-corrected chi connectivity index (χ3v) is 2.11. The molecule has 0 bridgehead atoms. The van der Waals surface area contributed by atoms with Crippen molar-refractivity contribution in [2.24, 2.45) is 4.99 Å². The zero-order chi connectivity index (χ0) is 10.8. The standard InChI is InChI=1S/C11H8N2O2/c1-7-11(14)15-10(13-7)9-4-2-8(6-12)3-5-9/h2-5,7H,1H3/t7-/m1/s1. The van der Waals surface area contributed by atoms with Gasteiger partial charge in [-0.1, -0.05) is 0 Å². The molecule has 0 fully saturated rings. The van der Waals surface area contributed by atoms with E-state index in [2.05, 4.69) is 4.99 Å². The Balaban J connectivity index is 2.29. The van der Waals surface area contributed by atoms with Crippen LogP contribution in [0.4, 0.5) is 0 Å². The quantitative estimate of drug-likeness (QED) is 0.641. The second kappa shape index (κ2) is 3.54. The third kappa shape index (κ3) is 1.72. The van der Waals surface area contributed by atoms with E-state index in [9.17, 15) is 4.79 Å². The van der Waals surface area contributed by atoms with E-state index < -0.39 is 6.04 Å². The van der Waals surface area contributed by atoms with Crippen LogP contribution in [0.5, 0.6) is 0 Å². The van der Waals surface area contributed by atoms with Gasteiger partial charge in [-0.25, -0.2) is 9.79 Å². The van der Waals surface area contributed by atoms with Gasteiger partial charge >= 0.3 is 5.97 Å². The van der Waals surface area contributed by atoms with Gasteiger partial charge in [0.05, 0.1) is 11.6 Å². The summed E-state index contributed by atoms with van der Waals surface area (Å²) in [5, 5.41) is 8.61. The molecule has 4 nitrogen and oxygen atoms in total. The monoisotopic (exact) mass is 200 g/mol. The maximum atomic E-state index is 11.1. The van der Waals surface area contributed by atoms with Gasteiger partial charge in [-0.3, -0.25) is 0 Å². The van der Waals surface area contributed by atoms with E-state index in [0.29, 0.717) is 17.0 Å². The molecule has 0 spiro atoms. The Morgan fingerprint density at radius 3 is 2.53 bits per heavy atom. The van der Waals surface area contributed by atoms with Crippen LogP contribution in [-0.2, 0) is 9.53 Å². The summed E-state index contributed by atoms with van der Waals surface area (Å²) in [5.41, 5.74) is 1.28. The number of esters is 1. The molecule has 1 heterocycles. The first kappa shape index (κ1) is 9.41. The van der Waals surface area contributed by atoms with Crippen LogP contribution < -0.4 is 0 Å². The lowest BCUT2D eigenvalue weighted by molar-refractivity contribution is -0.134. The fourth-order valence-electron chi connectivity index (χ4n) is 1.26. The molecule has 0 aliphatic carbocycles. The number of cyclic esters (lactones) is 1. The molecule has 1 atom stereocenters. The van der Waals surface area contributed by atoms with Crippen LogP contribution in [0.1, 0.15) is 18.1 Å². The first-order valence-electron chi connectivity index (χ1n) is 4.51. The van der Waals surface area contributed by atoms with Crippen molar-refractivity contribution in [1.82, 2.24) is 0 Å². The summed E-state index contributed by atoms with van der Waals surface area (Å²) in [6.45, 7) is 1.68. The van der Waals surface area contributed by atoms with Crippen LogP contribution in [0.25, 0.3) is 0 Å². The Morgan fingerprint density at radius 2 is 2.07 bits per heavy atom. The van der Waals surface area contributed by atoms with Gasteiger partial charge in [0.2, 0.25) is 5.90 Å². The molecule has 1 aliphatic rings. The smallest absolute Gasteiger partial charge is 0.337 e. The second-order valence-corrected chi connectivity index (χ2v) is 3.22. The molecule has 0 saturated heterocycles. The molecule has 0 radical (unpaired) electrons. The zero-order valence-corrected chi connectivity index (χ0v) is 8.10. The predicted octanol–water partition coefficient (Wildman–Crippen LogP) is 1.25. The van der Waals surface area contributed by atoms with Crippen LogP contribution in [0.2, 0.25) is 0 Å². The minimum absolute atomic E-state index is 0.331. The minimum Gasteiger partial charge on any atom is -0.406 e. The molecule has 2 rings (SSSR count). The summed E-state index contributed by atoms with van der Waals surface area (Å²) < 4.78 is 4.96. The lowest BCUT2D eigenvalue weighted by atomic mass is 10.1. The SMILES string of the molecule is C[C@H]1N=C(c2ccc(C#N)cc2)OC1=O.